The first kappa shape index (κ1) is 14.0. The van der Waals surface area contributed by atoms with Crippen LogP contribution in [0.4, 0.5) is 0 Å². The van der Waals surface area contributed by atoms with E-state index in [1.54, 1.807) is 0 Å². The van der Waals surface area contributed by atoms with Crippen molar-refractivity contribution in [2.45, 2.75) is 53.4 Å². The lowest BCUT2D eigenvalue weighted by atomic mass is 9.75. The smallest absolute Gasteiger partial charge is 0.189 e. The summed E-state index contributed by atoms with van der Waals surface area (Å²) in [5.74, 6) is 0.208. The second-order valence-corrected chi connectivity index (χ2v) is 7.52. The van der Waals surface area contributed by atoms with Gasteiger partial charge in [-0.05, 0) is 34.4 Å². The summed E-state index contributed by atoms with van der Waals surface area (Å²) in [5, 5.41) is 0. The highest BCUT2D eigenvalue weighted by Crippen LogP contribution is 2.34. The predicted octanol–water partition coefficient (Wildman–Crippen LogP) is 4.70. The molecule has 0 unspecified atom stereocenters. The van der Waals surface area contributed by atoms with Gasteiger partial charge in [-0.3, -0.25) is 4.79 Å². The van der Waals surface area contributed by atoms with E-state index >= 15 is 0 Å². The van der Waals surface area contributed by atoms with Gasteiger partial charge >= 0.3 is 0 Å². The van der Waals surface area contributed by atoms with Crippen LogP contribution in [-0.2, 0) is 11.8 Å². The van der Waals surface area contributed by atoms with Crippen LogP contribution in [0.5, 0.6) is 0 Å². The quantitative estimate of drug-likeness (QED) is 0.658. The Morgan fingerprint density at radius 1 is 0.947 bits per heavy atom. The Morgan fingerprint density at radius 2 is 1.58 bits per heavy atom. The van der Waals surface area contributed by atoms with E-state index < -0.39 is 0 Å². The summed E-state index contributed by atoms with van der Waals surface area (Å²) in [4.78, 5) is 12.7. The number of Topliss-reactive ketones (excluding diaryl/α,β-unsaturated/α-hetero) is 1. The SMILES string of the molecule is CC(C)(C)C1=CCc2ccc(C(C)(C)C)cc2C1=O. The van der Waals surface area contributed by atoms with Crippen molar-refractivity contribution in [3.63, 3.8) is 0 Å². The molecule has 1 aliphatic rings. The van der Waals surface area contributed by atoms with Crippen molar-refractivity contribution in [3.8, 4) is 0 Å². The van der Waals surface area contributed by atoms with Gasteiger partial charge in [-0.25, -0.2) is 0 Å². The zero-order valence-corrected chi connectivity index (χ0v) is 12.9. The number of carbonyl (C=O) groups excluding carboxylic acids is 1. The number of ketones is 1. The van der Waals surface area contributed by atoms with Gasteiger partial charge in [0.15, 0.2) is 5.78 Å². The summed E-state index contributed by atoms with van der Waals surface area (Å²) in [6, 6.07) is 6.36. The summed E-state index contributed by atoms with van der Waals surface area (Å²) in [6.07, 6.45) is 2.97. The van der Waals surface area contributed by atoms with E-state index in [2.05, 4.69) is 65.8 Å². The molecule has 0 amide bonds. The predicted molar refractivity (Wildman–Crippen MR) is 80.7 cm³/mol. The molecule has 0 fully saturated rings. The number of fused-ring (bicyclic) bond motifs is 1. The molecule has 19 heavy (non-hydrogen) atoms. The van der Waals surface area contributed by atoms with E-state index in [1.165, 1.54) is 5.56 Å². The fourth-order valence-electron chi connectivity index (χ4n) is 2.53. The second-order valence-electron chi connectivity index (χ2n) is 7.52. The van der Waals surface area contributed by atoms with Crippen LogP contribution < -0.4 is 0 Å². The Balaban J connectivity index is 2.49. The minimum absolute atomic E-state index is 0.0769. The lowest BCUT2D eigenvalue weighted by molar-refractivity contribution is 0.101. The van der Waals surface area contributed by atoms with Gasteiger partial charge in [-0.15, -0.1) is 0 Å². The highest BCUT2D eigenvalue weighted by molar-refractivity contribution is 6.11. The standard InChI is InChI=1S/C18H24O/c1-17(2,3)13-9-7-12-8-10-15(18(4,5)6)16(19)14(12)11-13/h7,9-11H,8H2,1-6H3. The second kappa shape index (κ2) is 4.33. The Morgan fingerprint density at radius 3 is 2.11 bits per heavy atom. The minimum Gasteiger partial charge on any atom is -0.289 e. The first-order chi connectivity index (χ1) is 8.60. The summed E-state index contributed by atoms with van der Waals surface area (Å²) >= 11 is 0. The third-order valence-electron chi connectivity index (χ3n) is 3.80. The first-order valence-electron chi connectivity index (χ1n) is 6.99. The van der Waals surface area contributed by atoms with Gasteiger partial charge in [0.25, 0.3) is 0 Å². The average molecular weight is 256 g/mol. The van der Waals surface area contributed by atoms with Crippen molar-refractivity contribution in [2.75, 3.05) is 0 Å². The Labute approximate surface area is 116 Å². The fourth-order valence-corrected chi connectivity index (χ4v) is 2.53. The van der Waals surface area contributed by atoms with Gasteiger partial charge < -0.3 is 0 Å². The van der Waals surface area contributed by atoms with Crippen molar-refractivity contribution >= 4 is 5.78 Å². The molecule has 1 nitrogen and oxygen atoms in total. The molecule has 1 aliphatic carbocycles. The molecule has 0 aliphatic heterocycles. The molecule has 0 aromatic heterocycles. The highest BCUT2D eigenvalue weighted by atomic mass is 16.1. The lowest BCUT2D eigenvalue weighted by Gasteiger charge is -2.28. The fraction of sp³-hybridized carbons (Fsp3) is 0.500. The summed E-state index contributed by atoms with van der Waals surface area (Å²) < 4.78 is 0. The van der Waals surface area contributed by atoms with Crippen LogP contribution in [-0.4, -0.2) is 5.78 Å². The molecule has 102 valence electrons. The normalized spacial score (nSPS) is 16.1. The number of benzene rings is 1. The first-order valence-corrected chi connectivity index (χ1v) is 6.99. The molecule has 2 rings (SSSR count). The number of allylic oxidation sites excluding steroid dienone is 2. The number of hydrogen-bond donors (Lipinski definition) is 0. The van der Waals surface area contributed by atoms with Crippen LogP contribution in [0.25, 0.3) is 0 Å². The van der Waals surface area contributed by atoms with Crippen molar-refractivity contribution in [2.24, 2.45) is 5.41 Å². The van der Waals surface area contributed by atoms with Crippen molar-refractivity contribution in [1.82, 2.24) is 0 Å². The Kier molecular flexibility index (Phi) is 3.20. The van der Waals surface area contributed by atoms with Crippen molar-refractivity contribution < 1.29 is 4.79 Å². The summed E-state index contributed by atoms with van der Waals surface area (Å²) in [5.41, 5.74) is 4.25. The maximum Gasteiger partial charge on any atom is 0.189 e. The van der Waals surface area contributed by atoms with E-state index in [1.807, 2.05) is 0 Å². The Bertz CT molecular complexity index is 548. The van der Waals surface area contributed by atoms with Crippen LogP contribution in [0, 0.1) is 5.41 Å². The number of carbonyl (C=O) groups is 1. The highest BCUT2D eigenvalue weighted by Gasteiger charge is 2.29. The van der Waals surface area contributed by atoms with Crippen LogP contribution in [0.15, 0.2) is 29.8 Å². The van der Waals surface area contributed by atoms with Gasteiger partial charge in [-0.2, -0.15) is 0 Å². The molecule has 0 saturated carbocycles. The molecule has 0 saturated heterocycles. The molecule has 0 radical (unpaired) electrons. The summed E-state index contributed by atoms with van der Waals surface area (Å²) in [6.45, 7) is 12.9. The molecule has 0 atom stereocenters. The van der Waals surface area contributed by atoms with Crippen LogP contribution in [0.2, 0.25) is 0 Å². The third-order valence-corrected chi connectivity index (χ3v) is 3.80. The van der Waals surface area contributed by atoms with Gasteiger partial charge in [0.2, 0.25) is 0 Å². The van der Waals surface area contributed by atoms with E-state index in [-0.39, 0.29) is 16.6 Å². The third kappa shape index (κ3) is 2.65. The lowest BCUT2D eigenvalue weighted by Crippen LogP contribution is -2.23. The van der Waals surface area contributed by atoms with Crippen molar-refractivity contribution in [3.05, 3.63) is 46.5 Å². The van der Waals surface area contributed by atoms with E-state index in [0.29, 0.717) is 0 Å². The zero-order valence-electron chi connectivity index (χ0n) is 12.9. The molecular weight excluding hydrogens is 232 g/mol. The number of hydrogen-bond acceptors (Lipinski definition) is 1. The van der Waals surface area contributed by atoms with Gasteiger partial charge in [0, 0.05) is 11.1 Å². The van der Waals surface area contributed by atoms with Crippen LogP contribution in [0.1, 0.15) is 63.0 Å². The average Bonchev–Trinajstić information content (AvgIpc) is 2.26. The van der Waals surface area contributed by atoms with Crippen molar-refractivity contribution in [1.29, 1.82) is 0 Å². The minimum atomic E-state index is -0.0769. The molecule has 1 aromatic rings. The topological polar surface area (TPSA) is 17.1 Å². The maximum absolute atomic E-state index is 12.7. The van der Waals surface area contributed by atoms with Gasteiger partial charge in [-0.1, -0.05) is 59.8 Å². The molecule has 1 heteroatoms. The Hall–Kier alpha value is -1.37. The van der Waals surface area contributed by atoms with Crippen LogP contribution >= 0.6 is 0 Å². The summed E-state index contributed by atoms with van der Waals surface area (Å²) in [7, 11) is 0. The van der Waals surface area contributed by atoms with Gasteiger partial charge in [0.05, 0.1) is 0 Å². The monoisotopic (exact) mass is 256 g/mol. The molecule has 0 bridgehead atoms. The largest absolute Gasteiger partial charge is 0.289 e. The van der Waals surface area contributed by atoms with E-state index in [9.17, 15) is 4.79 Å². The van der Waals surface area contributed by atoms with E-state index in [0.717, 1.165) is 23.1 Å². The maximum atomic E-state index is 12.7. The molecule has 0 spiro atoms. The molecule has 0 heterocycles. The molecule has 0 N–H and O–H groups in total. The molecular formula is C18H24O. The zero-order chi connectivity index (χ0) is 14.4. The van der Waals surface area contributed by atoms with Crippen LogP contribution in [0.3, 0.4) is 0 Å². The number of rotatable bonds is 0. The van der Waals surface area contributed by atoms with Gasteiger partial charge in [0.1, 0.15) is 0 Å². The molecule has 1 aromatic carbocycles. The van der Waals surface area contributed by atoms with E-state index in [4.69, 9.17) is 0 Å².